The number of benzene rings is 1. The minimum Gasteiger partial charge on any atom is -0.389 e. The monoisotopic (exact) mass is 271 g/mol. The van der Waals surface area contributed by atoms with E-state index in [9.17, 15) is 13.5 Å². The van der Waals surface area contributed by atoms with Gasteiger partial charge in [-0.15, -0.1) is 0 Å². The Morgan fingerprint density at radius 2 is 1.89 bits per heavy atom. The molecule has 18 heavy (non-hydrogen) atoms. The zero-order valence-corrected chi connectivity index (χ0v) is 11.7. The third-order valence-corrected chi connectivity index (χ3v) is 4.26. The molecule has 0 aliphatic heterocycles. The highest BCUT2D eigenvalue weighted by molar-refractivity contribution is 7.89. The molecule has 4 nitrogen and oxygen atoms in total. The number of hydrogen-bond acceptors (Lipinski definition) is 3. The zero-order valence-electron chi connectivity index (χ0n) is 10.9. The van der Waals surface area contributed by atoms with Gasteiger partial charge in [0.05, 0.1) is 11.4 Å². The smallest absolute Gasteiger partial charge is 0.212 e. The van der Waals surface area contributed by atoms with Crippen molar-refractivity contribution < 1.29 is 13.5 Å². The molecule has 0 aliphatic rings. The minimum absolute atomic E-state index is 0.0385. The molecule has 1 aromatic rings. The molecule has 0 aromatic heterocycles. The van der Waals surface area contributed by atoms with Crippen molar-refractivity contribution in [2.24, 2.45) is 0 Å². The van der Waals surface area contributed by atoms with Crippen molar-refractivity contribution in [1.82, 2.24) is 4.72 Å². The fourth-order valence-electron chi connectivity index (χ4n) is 1.36. The Kier molecular flexibility index (Phi) is 5.31. The lowest BCUT2D eigenvalue weighted by Crippen LogP contribution is -2.41. The van der Waals surface area contributed by atoms with Crippen molar-refractivity contribution >= 4 is 10.0 Å². The summed E-state index contributed by atoms with van der Waals surface area (Å²) in [4.78, 5) is 0. The molecule has 0 heterocycles. The first kappa shape index (κ1) is 15.1. The van der Waals surface area contributed by atoms with Gasteiger partial charge in [-0.25, -0.2) is 13.1 Å². The van der Waals surface area contributed by atoms with E-state index in [4.69, 9.17) is 0 Å². The predicted octanol–water partition coefficient (Wildman–Crippen LogP) is 1.31. The van der Waals surface area contributed by atoms with E-state index >= 15 is 0 Å². The van der Waals surface area contributed by atoms with Crippen molar-refractivity contribution in [2.45, 2.75) is 32.3 Å². The van der Waals surface area contributed by atoms with Crippen molar-refractivity contribution in [3.63, 3.8) is 0 Å². The molecule has 102 valence electrons. The van der Waals surface area contributed by atoms with Gasteiger partial charge in [0.1, 0.15) is 0 Å². The standard InChI is InChI=1S/C13H21NO3S/c1-3-13(2,15)11-14-18(16,17)10-9-12-7-5-4-6-8-12/h4-8,14-15H,3,9-11H2,1-2H3. The summed E-state index contributed by atoms with van der Waals surface area (Å²) in [6, 6.07) is 9.47. The molecule has 0 saturated carbocycles. The summed E-state index contributed by atoms with van der Waals surface area (Å²) in [5.74, 6) is 0.0385. The number of aliphatic hydroxyl groups is 1. The molecule has 0 fully saturated rings. The largest absolute Gasteiger partial charge is 0.389 e. The van der Waals surface area contributed by atoms with Crippen molar-refractivity contribution in [1.29, 1.82) is 0 Å². The number of rotatable bonds is 7. The molecule has 0 aliphatic carbocycles. The number of nitrogens with one attached hydrogen (secondary N) is 1. The Morgan fingerprint density at radius 3 is 2.44 bits per heavy atom. The van der Waals surface area contributed by atoms with Crippen LogP contribution in [0.1, 0.15) is 25.8 Å². The quantitative estimate of drug-likeness (QED) is 0.786. The molecule has 1 unspecified atom stereocenters. The fourth-order valence-corrected chi connectivity index (χ4v) is 2.54. The molecule has 1 atom stereocenters. The van der Waals surface area contributed by atoms with Gasteiger partial charge in [0.25, 0.3) is 0 Å². The Labute approximate surface area is 109 Å². The van der Waals surface area contributed by atoms with E-state index in [0.717, 1.165) is 5.56 Å². The van der Waals surface area contributed by atoms with Gasteiger partial charge in [-0.1, -0.05) is 37.3 Å². The van der Waals surface area contributed by atoms with E-state index in [1.807, 2.05) is 37.3 Å². The van der Waals surface area contributed by atoms with Gasteiger partial charge in [-0.3, -0.25) is 0 Å². The van der Waals surface area contributed by atoms with Gasteiger partial charge in [0.2, 0.25) is 10.0 Å². The van der Waals surface area contributed by atoms with E-state index in [2.05, 4.69) is 4.72 Å². The molecule has 0 spiro atoms. The third-order valence-electron chi connectivity index (χ3n) is 2.94. The van der Waals surface area contributed by atoms with Crippen LogP contribution in [0.15, 0.2) is 30.3 Å². The lowest BCUT2D eigenvalue weighted by molar-refractivity contribution is 0.0613. The Bertz CT molecular complexity index is 454. The maximum atomic E-state index is 11.7. The van der Waals surface area contributed by atoms with Crippen molar-refractivity contribution in [3.05, 3.63) is 35.9 Å². The highest BCUT2D eigenvalue weighted by atomic mass is 32.2. The second-order valence-electron chi connectivity index (χ2n) is 4.73. The van der Waals surface area contributed by atoms with Crippen LogP contribution >= 0.6 is 0 Å². The lowest BCUT2D eigenvalue weighted by Gasteiger charge is -2.21. The normalized spacial score (nSPS) is 15.3. The lowest BCUT2D eigenvalue weighted by atomic mass is 10.1. The van der Waals surface area contributed by atoms with Crippen LogP contribution in [0.2, 0.25) is 0 Å². The summed E-state index contributed by atoms with van der Waals surface area (Å²) in [6.45, 7) is 3.49. The molecule has 1 aromatic carbocycles. The zero-order chi connectivity index (χ0) is 13.6. The van der Waals surface area contributed by atoms with Crippen LogP contribution < -0.4 is 4.72 Å². The molecule has 1 rings (SSSR count). The van der Waals surface area contributed by atoms with Crippen LogP contribution in [-0.2, 0) is 16.4 Å². The highest BCUT2D eigenvalue weighted by Crippen LogP contribution is 2.07. The average Bonchev–Trinajstić information content (AvgIpc) is 2.36. The summed E-state index contributed by atoms with van der Waals surface area (Å²) in [5.41, 5.74) is 0.00457. The minimum atomic E-state index is -3.33. The van der Waals surface area contributed by atoms with E-state index in [-0.39, 0.29) is 12.3 Å². The fraction of sp³-hybridized carbons (Fsp3) is 0.538. The SMILES string of the molecule is CCC(C)(O)CNS(=O)(=O)CCc1ccccc1. The summed E-state index contributed by atoms with van der Waals surface area (Å²) in [5, 5.41) is 9.74. The maximum absolute atomic E-state index is 11.7. The van der Waals surface area contributed by atoms with Gasteiger partial charge in [-0.2, -0.15) is 0 Å². The number of sulfonamides is 1. The average molecular weight is 271 g/mol. The Hall–Kier alpha value is -0.910. The number of aryl methyl sites for hydroxylation is 1. The second-order valence-corrected chi connectivity index (χ2v) is 6.65. The van der Waals surface area contributed by atoms with Crippen LogP contribution in [0.4, 0.5) is 0 Å². The summed E-state index contributed by atoms with van der Waals surface area (Å²) < 4.78 is 25.9. The van der Waals surface area contributed by atoms with Crippen LogP contribution in [0.3, 0.4) is 0 Å². The highest BCUT2D eigenvalue weighted by Gasteiger charge is 2.20. The van der Waals surface area contributed by atoms with E-state index < -0.39 is 15.6 Å². The predicted molar refractivity (Wildman–Crippen MR) is 72.9 cm³/mol. The Balaban J connectivity index is 2.46. The Morgan fingerprint density at radius 1 is 1.28 bits per heavy atom. The maximum Gasteiger partial charge on any atom is 0.212 e. The van der Waals surface area contributed by atoms with Crippen LogP contribution in [-0.4, -0.2) is 31.4 Å². The summed E-state index contributed by atoms with van der Waals surface area (Å²) in [7, 11) is -3.33. The molecular formula is C13H21NO3S. The van der Waals surface area contributed by atoms with E-state index in [1.165, 1.54) is 0 Å². The summed E-state index contributed by atoms with van der Waals surface area (Å²) in [6.07, 6.45) is 0.985. The third kappa shape index (κ3) is 5.62. The van der Waals surface area contributed by atoms with Gasteiger partial charge in [0.15, 0.2) is 0 Å². The van der Waals surface area contributed by atoms with Crippen molar-refractivity contribution in [3.8, 4) is 0 Å². The first-order valence-electron chi connectivity index (χ1n) is 6.08. The molecule has 2 N–H and O–H groups in total. The topological polar surface area (TPSA) is 66.4 Å². The van der Waals surface area contributed by atoms with Crippen LogP contribution in [0.25, 0.3) is 0 Å². The van der Waals surface area contributed by atoms with E-state index in [1.54, 1.807) is 6.92 Å². The molecule has 0 amide bonds. The second kappa shape index (κ2) is 6.31. The summed E-state index contributed by atoms with van der Waals surface area (Å²) >= 11 is 0. The molecule has 0 bridgehead atoms. The van der Waals surface area contributed by atoms with Gasteiger partial charge in [-0.05, 0) is 25.3 Å². The van der Waals surface area contributed by atoms with Gasteiger partial charge < -0.3 is 5.11 Å². The molecular weight excluding hydrogens is 250 g/mol. The molecule has 0 saturated heterocycles. The van der Waals surface area contributed by atoms with Gasteiger partial charge in [0, 0.05) is 6.54 Å². The van der Waals surface area contributed by atoms with Crippen molar-refractivity contribution in [2.75, 3.05) is 12.3 Å². The van der Waals surface area contributed by atoms with Crippen LogP contribution in [0.5, 0.6) is 0 Å². The first-order valence-corrected chi connectivity index (χ1v) is 7.73. The molecule has 5 heteroatoms. The number of hydrogen-bond donors (Lipinski definition) is 2. The first-order chi connectivity index (χ1) is 8.35. The molecule has 0 radical (unpaired) electrons. The van der Waals surface area contributed by atoms with Gasteiger partial charge >= 0.3 is 0 Å². The van der Waals surface area contributed by atoms with Crippen LogP contribution in [0, 0.1) is 0 Å². The van der Waals surface area contributed by atoms with E-state index in [0.29, 0.717) is 12.8 Å².